The number of ether oxygens (including phenoxy) is 1. The first-order valence-corrected chi connectivity index (χ1v) is 8.68. The third-order valence-electron chi connectivity index (χ3n) is 5.24. The van der Waals surface area contributed by atoms with Crippen LogP contribution in [0.5, 0.6) is 0 Å². The van der Waals surface area contributed by atoms with E-state index in [0.29, 0.717) is 12.1 Å². The minimum absolute atomic E-state index is 0.681. The SMILES string of the molecule is CCC1CNC(CC(C)C)CN1C(C)C1CCOCC1. The van der Waals surface area contributed by atoms with Gasteiger partial charge in [0.2, 0.25) is 0 Å². The first-order chi connectivity index (χ1) is 9.61. The molecule has 2 aliphatic heterocycles. The van der Waals surface area contributed by atoms with E-state index in [1.165, 1.54) is 38.8 Å². The molecule has 0 radical (unpaired) electrons. The summed E-state index contributed by atoms with van der Waals surface area (Å²) in [5, 5.41) is 3.77. The van der Waals surface area contributed by atoms with Crippen LogP contribution in [0.15, 0.2) is 0 Å². The van der Waals surface area contributed by atoms with Crippen molar-refractivity contribution >= 4 is 0 Å². The fourth-order valence-electron chi connectivity index (χ4n) is 3.96. The van der Waals surface area contributed by atoms with E-state index in [-0.39, 0.29) is 0 Å². The molecule has 0 amide bonds. The maximum atomic E-state index is 5.53. The van der Waals surface area contributed by atoms with Gasteiger partial charge < -0.3 is 10.1 Å². The van der Waals surface area contributed by atoms with Gasteiger partial charge in [-0.15, -0.1) is 0 Å². The number of hydrogen-bond donors (Lipinski definition) is 1. The van der Waals surface area contributed by atoms with Gasteiger partial charge in [-0.2, -0.15) is 0 Å². The Balaban J connectivity index is 1.96. The van der Waals surface area contributed by atoms with Crippen LogP contribution < -0.4 is 5.32 Å². The molecule has 20 heavy (non-hydrogen) atoms. The van der Waals surface area contributed by atoms with Crippen LogP contribution >= 0.6 is 0 Å². The fourth-order valence-corrected chi connectivity index (χ4v) is 3.96. The zero-order chi connectivity index (χ0) is 14.5. The van der Waals surface area contributed by atoms with Crippen LogP contribution in [0.1, 0.15) is 53.4 Å². The number of hydrogen-bond acceptors (Lipinski definition) is 3. The Kier molecular flexibility index (Phi) is 6.31. The maximum Gasteiger partial charge on any atom is 0.0469 e. The van der Waals surface area contributed by atoms with Gasteiger partial charge in [0.1, 0.15) is 0 Å². The number of nitrogens with zero attached hydrogens (tertiary/aromatic N) is 1. The van der Waals surface area contributed by atoms with Crippen LogP contribution in [0.3, 0.4) is 0 Å². The maximum absolute atomic E-state index is 5.53. The summed E-state index contributed by atoms with van der Waals surface area (Å²) in [5.41, 5.74) is 0. The first kappa shape index (κ1) is 16.3. The van der Waals surface area contributed by atoms with Crippen molar-refractivity contribution in [3.8, 4) is 0 Å². The average molecular weight is 282 g/mol. The smallest absolute Gasteiger partial charge is 0.0469 e. The second-order valence-corrected chi connectivity index (χ2v) is 7.18. The molecule has 3 nitrogen and oxygen atoms in total. The van der Waals surface area contributed by atoms with E-state index in [2.05, 4.69) is 37.9 Å². The number of rotatable bonds is 5. The van der Waals surface area contributed by atoms with Gasteiger partial charge in [-0.1, -0.05) is 20.8 Å². The van der Waals surface area contributed by atoms with Crippen LogP contribution in [0.2, 0.25) is 0 Å². The molecule has 3 unspecified atom stereocenters. The van der Waals surface area contributed by atoms with E-state index >= 15 is 0 Å². The van der Waals surface area contributed by atoms with Crippen molar-refractivity contribution in [3.63, 3.8) is 0 Å². The van der Waals surface area contributed by atoms with E-state index in [1.807, 2.05) is 0 Å². The standard InChI is InChI=1S/C17H34N2O/c1-5-17-11-18-16(10-13(2)3)12-19(17)14(4)15-6-8-20-9-7-15/h13-18H,5-12H2,1-4H3. The third-order valence-corrected chi connectivity index (χ3v) is 5.24. The summed E-state index contributed by atoms with van der Waals surface area (Å²) in [4.78, 5) is 2.81. The molecule has 0 aromatic heterocycles. The lowest BCUT2D eigenvalue weighted by atomic mass is 9.88. The van der Waals surface area contributed by atoms with Crippen molar-refractivity contribution in [2.75, 3.05) is 26.3 Å². The largest absolute Gasteiger partial charge is 0.381 e. The van der Waals surface area contributed by atoms with Crippen molar-refractivity contribution < 1.29 is 4.74 Å². The summed E-state index contributed by atoms with van der Waals surface area (Å²) in [6, 6.07) is 2.11. The van der Waals surface area contributed by atoms with E-state index in [1.54, 1.807) is 0 Å². The van der Waals surface area contributed by atoms with Crippen LogP contribution in [0.4, 0.5) is 0 Å². The second kappa shape index (κ2) is 7.77. The number of piperazine rings is 1. The van der Waals surface area contributed by atoms with Crippen molar-refractivity contribution in [2.45, 2.75) is 71.5 Å². The molecule has 3 atom stereocenters. The Morgan fingerprint density at radius 2 is 1.90 bits per heavy atom. The minimum atomic E-state index is 0.681. The Morgan fingerprint density at radius 3 is 2.50 bits per heavy atom. The molecule has 0 aromatic rings. The normalized spacial score (nSPS) is 31.6. The predicted molar refractivity (Wildman–Crippen MR) is 85.0 cm³/mol. The molecule has 0 aromatic carbocycles. The molecule has 2 fully saturated rings. The van der Waals surface area contributed by atoms with Gasteiger partial charge in [0, 0.05) is 44.4 Å². The van der Waals surface area contributed by atoms with Gasteiger partial charge in [-0.3, -0.25) is 4.90 Å². The van der Waals surface area contributed by atoms with Crippen molar-refractivity contribution in [1.82, 2.24) is 10.2 Å². The molecular formula is C17H34N2O. The van der Waals surface area contributed by atoms with E-state index < -0.39 is 0 Å². The number of nitrogens with one attached hydrogen (secondary N) is 1. The quantitative estimate of drug-likeness (QED) is 0.839. The summed E-state index contributed by atoms with van der Waals surface area (Å²) in [7, 11) is 0. The highest BCUT2D eigenvalue weighted by molar-refractivity contribution is 4.91. The molecule has 2 aliphatic rings. The van der Waals surface area contributed by atoms with Crippen LogP contribution in [-0.2, 0) is 4.74 Å². The zero-order valence-electron chi connectivity index (χ0n) is 13.9. The Hall–Kier alpha value is -0.120. The summed E-state index contributed by atoms with van der Waals surface area (Å²) in [5.74, 6) is 1.61. The lowest BCUT2D eigenvalue weighted by Crippen LogP contribution is -2.60. The summed E-state index contributed by atoms with van der Waals surface area (Å²) < 4.78 is 5.53. The van der Waals surface area contributed by atoms with Crippen LogP contribution in [0.25, 0.3) is 0 Å². The van der Waals surface area contributed by atoms with Crippen molar-refractivity contribution in [2.24, 2.45) is 11.8 Å². The molecule has 0 saturated carbocycles. The van der Waals surface area contributed by atoms with E-state index in [4.69, 9.17) is 4.74 Å². The molecule has 0 spiro atoms. The topological polar surface area (TPSA) is 24.5 Å². The van der Waals surface area contributed by atoms with Gasteiger partial charge in [-0.25, -0.2) is 0 Å². The molecule has 0 bridgehead atoms. The third kappa shape index (κ3) is 4.19. The predicted octanol–water partition coefficient (Wildman–Crippen LogP) is 2.90. The van der Waals surface area contributed by atoms with Gasteiger partial charge in [0.05, 0.1) is 0 Å². The highest BCUT2D eigenvalue weighted by Crippen LogP contribution is 2.27. The molecule has 2 saturated heterocycles. The fraction of sp³-hybridized carbons (Fsp3) is 1.00. The summed E-state index contributed by atoms with van der Waals surface area (Å²) >= 11 is 0. The van der Waals surface area contributed by atoms with Crippen molar-refractivity contribution in [1.29, 1.82) is 0 Å². The molecular weight excluding hydrogens is 248 g/mol. The van der Waals surface area contributed by atoms with Crippen LogP contribution in [0, 0.1) is 11.8 Å². The first-order valence-electron chi connectivity index (χ1n) is 8.68. The molecule has 3 heteroatoms. The molecule has 2 rings (SSSR count). The van der Waals surface area contributed by atoms with Gasteiger partial charge in [-0.05, 0) is 44.4 Å². The summed E-state index contributed by atoms with van der Waals surface area (Å²) in [6.45, 7) is 13.8. The lowest BCUT2D eigenvalue weighted by Gasteiger charge is -2.46. The molecule has 0 aliphatic carbocycles. The van der Waals surface area contributed by atoms with Gasteiger partial charge in [0.25, 0.3) is 0 Å². The van der Waals surface area contributed by atoms with Gasteiger partial charge in [0.15, 0.2) is 0 Å². The van der Waals surface area contributed by atoms with Gasteiger partial charge >= 0.3 is 0 Å². The molecule has 2 heterocycles. The van der Waals surface area contributed by atoms with E-state index in [9.17, 15) is 0 Å². The Bertz CT molecular complexity index is 276. The van der Waals surface area contributed by atoms with Crippen molar-refractivity contribution in [3.05, 3.63) is 0 Å². The Morgan fingerprint density at radius 1 is 1.20 bits per heavy atom. The molecule has 118 valence electrons. The monoisotopic (exact) mass is 282 g/mol. The van der Waals surface area contributed by atoms with E-state index in [0.717, 1.165) is 31.1 Å². The summed E-state index contributed by atoms with van der Waals surface area (Å²) in [6.07, 6.45) is 5.05. The minimum Gasteiger partial charge on any atom is -0.381 e. The highest BCUT2D eigenvalue weighted by Gasteiger charge is 2.34. The lowest BCUT2D eigenvalue weighted by molar-refractivity contribution is 0.00160. The highest BCUT2D eigenvalue weighted by atomic mass is 16.5. The Labute approximate surface area is 125 Å². The second-order valence-electron chi connectivity index (χ2n) is 7.18. The zero-order valence-corrected chi connectivity index (χ0v) is 13.9. The average Bonchev–Trinajstić information content (AvgIpc) is 2.46. The van der Waals surface area contributed by atoms with Crippen LogP contribution in [-0.4, -0.2) is 49.3 Å². The molecule has 1 N–H and O–H groups in total.